The predicted octanol–water partition coefficient (Wildman–Crippen LogP) is 7.43. The van der Waals surface area contributed by atoms with E-state index in [-0.39, 0.29) is 5.97 Å². The van der Waals surface area contributed by atoms with Gasteiger partial charge in [0.05, 0.1) is 6.61 Å². The number of aromatic nitrogens is 2. The topological polar surface area (TPSA) is 61.3 Å². The van der Waals surface area contributed by atoms with Crippen LogP contribution >= 0.6 is 0 Å². The maximum absolute atomic E-state index is 12.1. The Morgan fingerprint density at radius 2 is 1.40 bits per heavy atom. The zero-order chi connectivity index (χ0) is 24.9. The van der Waals surface area contributed by atoms with Crippen LogP contribution < -0.4 is 4.74 Å². The molecule has 0 aliphatic heterocycles. The minimum absolute atomic E-state index is 0.330. The van der Waals surface area contributed by atoms with Gasteiger partial charge >= 0.3 is 5.97 Å². The van der Waals surface area contributed by atoms with Gasteiger partial charge in [-0.25, -0.2) is 14.8 Å². The number of nitrogens with zero attached hydrogens (tertiary/aromatic N) is 2. The smallest absolute Gasteiger partial charge is 0.347 e. The van der Waals surface area contributed by atoms with Gasteiger partial charge in [0.15, 0.2) is 11.9 Å². The summed E-state index contributed by atoms with van der Waals surface area (Å²) in [6.07, 6.45) is 12.2. The molecule has 0 spiro atoms. The molecule has 1 heterocycles. The van der Waals surface area contributed by atoms with Crippen molar-refractivity contribution in [2.24, 2.45) is 0 Å². The molecule has 0 saturated heterocycles. The highest BCUT2D eigenvalue weighted by molar-refractivity contribution is 5.74. The van der Waals surface area contributed by atoms with Crippen molar-refractivity contribution in [3.8, 4) is 28.3 Å². The molecule has 0 amide bonds. The lowest BCUT2D eigenvalue weighted by Crippen LogP contribution is -2.26. The molecule has 186 valence electrons. The number of aryl methyl sites for hydroxylation is 1. The van der Waals surface area contributed by atoms with Crippen LogP contribution in [0.15, 0.2) is 60.9 Å². The van der Waals surface area contributed by atoms with Crippen LogP contribution in [0, 0.1) is 0 Å². The van der Waals surface area contributed by atoms with Crippen molar-refractivity contribution in [3.05, 3.63) is 66.5 Å². The highest BCUT2D eigenvalue weighted by atomic mass is 16.6. The first-order valence-corrected chi connectivity index (χ1v) is 13.0. The van der Waals surface area contributed by atoms with Gasteiger partial charge in [0, 0.05) is 23.5 Å². The van der Waals surface area contributed by atoms with Crippen LogP contribution in [0.5, 0.6) is 5.75 Å². The molecule has 0 aliphatic carbocycles. The monoisotopic (exact) mass is 474 g/mol. The second-order valence-corrected chi connectivity index (χ2v) is 8.96. The quantitative estimate of drug-likeness (QED) is 0.179. The van der Waals surface area contributed by atoms with E-state index in [9.17, 15) is 4.79 Å². The van der Waals surface area contributed by atoms with Crippen molar-refractivity contribution in [3.63, 3.8) is 0 Å². The van der Waals surface area contributed by atoms with Gasteiger partial charge in [0.2, 0.25) is 0 Å². The van der Waals surface area contributed by atoms with E-state index < -0.39 is 6.10 Å². The Kier molecular flexibility index (Phi) is 10.7. The Labute approximate surface area is 209 Å². The van der Waals surface area contributed by atoms with E-state index in [2.05, 4.69) is 48.1 Å². The molecule has 3 rings (SSSR count). The summed E-state index contributed by atoms with van der Waals surface area (Å²) in [7, 11) is 0. The average molecular weight is 475 g/mol. The van der Waals surface area contributed by atoms with E-state index in [0.717, 1.165) is 54.6 Å². The molecule has 35 heavy (non-hydrogen) atoms. The zero-order valence-corrected chi connectivity index (χ0v) is 21.3. The van der Waals surface area contributed by atoms with E-state index >= 15 is 0 Å². The van der Waals surface area contributed by atoms with Gasteiger partial charge < -0.3 is 9.47 Å². The molecular weight excluding hydrogens is 436 g/mol. The van der Waals surface area contributed by atoms with Crippen molar-refractivity contribution in [2.75, 3.05) is 6.61 Å². The third-order valence-corrected chi connectivity index (χ3v) is 6.01. The van der Waals surface area contributed by atoms with Crippen molar-refractivity contribution in [1.29, 1.82) is 0 Å². The fourth-order valence-corrected chi connectivity index (χ4v) is 3.82. The molecule has 0 aliphatic rings. The molecule has 1 aromatic heterocycles. The molecule has 0 saturated carbocycles. The molecule has 2 aromatic carbocycles. The molecular formula is C30H38N2O3. The Morgan fingerprint density at radius 1 is 0.771 bits per heavy atom. The summed E-state index contributed by atoms with van der Waals surface area (Å²) in [5.74, 6) is 1.01. The summed E-state index contributed by atoms with van der Waals surface area (Å²) in [4.78, 5) is 21.3. The SMILES string of the molecule is CCCCCCOC(=O)C(C)Oc1ccc(-c2cnc(-c3ccc(CCCCC)cc3)nc2)cc1. The largest absolute Gasteiger partial charge is 0.479 e. The van der Waals surface area contributed by atoms with Gasteiger partial charge in [0.25, 0.3) is 0 Å². The molecule has 1 unspecified atom stereocenters. The fourth-order valence-electron chi connectivity index (χ4n) is 3.82. The van der Waals surface area contributed by atoms with Gasteiger partial charge in [-0.2, -0.15) is 0 Å². The van der Waals surface area contributed by atoms with Crippen LogP contribution in [-0.2, 0) is 16.0 Å². The molecule has 0 radical (unpaired) electrons. The van der Waals surface area contributed by atoms with Crippen molar-refractivity contribution in [2.45, 2.75) is 78.2 Å². The van der Waals surface area contributed by atoms with Crippen molar-refractivity contribution < 1.29 is 14.3 Å². The zero-order valence-electron chi connectivity index (χ0n) is 21.3. The van der Waals surface area contributed by atoms with E-state index in [1.165, 1.54) is 24.8 Å². The van der Waals surface area contributed by atoms with Crippen LogP contribution in [0.1, 0.15) is 71.3 Å². The molecule has 5 heteroatoms. The molecule has 1 atom stereocenters. The van der Waals surface area contributed by atoms with Crippen molar-refractivity contribution in [1.82, 2.24) is 9.97 Å². The maximum Gasteiger partial charge on any atom is 0.347 e. The summed E-state index contributed by atoms with van der Waals surface area (Å²) < 4.78 is 11.1. The fraction of sp³-hybridized carbons (Fsp3) is 0.433. The lowest BCUT2D eigenvalue weighted by molar-refractivity contribution is -0.151. The minimum Gasteiger partial charge on any atom is -0.479 e. The van der Waals surface area contributed by atoms with Crippen LogP contribution in [0.25, 0.3) is 22.5 Å². The molecule has 5 nitrogen and oxygen atoms in total. The van der Waals surface area contributed by atoms with Gasteiger partial charge in [-0.15, -0.1) is 0 Å². The highest BCUT2D eigenvalue weighted by Gasteiger charge is 2.16. The van der Waals surface area contributed by atoms with Gasteiger partial charge in [-0.05, 0) is 49.4 Å². The Balaban J connectivity index is 1.52. The van der Waals surface area contributed by atoms with E-state index in [0.29, 0.717) is 12.4 Å². The molecule has 0 bridgehead atoms. The number of ether oxygens (including phenoxy) is 2. The van der Waals surface area contributed by atoms with Crippen LogP contribution in [-0.4, -0.2) is 28.6 Å². The summed E-state index contributed by atoms with van der Waals surface area (Å²) in [5, 5.41) is 0. The number of unbranched alkanes of at least 4 members (excludes halogenated alkanes) is 5. The Bertz CT molecular complexity index is 1010. The van der Waals surface area contributed by atoms with Crippen LogP contribution in [0.4, 0.5) is 0 Å². The first kappa shape index (κ1) is 26.4. The summed E-state index contributed by atoms with van der Waals surface area (Å²) in [5.41, 5.74) is 4.29. The van der Waals surface area contributed by atoms with Gasteiger partial charge in [-0.1, -0.05) is 82.3 Å². The highest BCUT2D eigenvalue weighted by Crippen LogP contribution is 2.24. The van der Waals surface area contributed by atoms with Crippen LogP contribution in [0.3, 0.4) is 0 Å². The minimum atomic E-state index is -0.646. The maximum atomic E-state index is 12.1. The lowest BCUT2D eigenvalue weighted by atomic mass is 10.0. The molecule has 3 aromatic rings. The van der Waals surface area contributed by atoms with Gasteiger partial charge in [0.1, 0.15) is 5.75 Å². The number of carbonyl (C=O) groups excluding carboxylic acids is 1. The second kappa shape index (κ2) is 14.2. The standard InChI is InChI=1S/C30H38N2O3/c1-4-6-8-10-20-34-30(33)23(3)35-28-18-16-25(17-19-28)27-21-31-29(32-22-27)26-14-12-24(13-15-26)11-9-7-5-2/h12-19,21-23H,4-11,20H2,1-3H3. The molecule has 0 N–H and O–H groups in total. The third-order valence-electron chi connectivity index (χ3n) is 6.01. The summed E-state index contributed by atoms with van der Waals surface area (Å²) >= 11 is 0. The van der Waals surface area contributed by atoms with E-state index in [4.69, 9.17) is 9.47 Å². The summed E-state index contributed by atoms with van der Waals surface area (Å²) in [6, 6.07) is 16.1. The second-order valence-electron chi connectivity index (χ2n) is 8.96. The Morgan fingerprint density at radius 3 is 2.06 bits per heavy atom. The van der Waals surface area contributed by atoms with Gasteiger partial charge in [-0.3, -0.25) is 0 Å². The summed E-state index contributed by atoms with van der Waals surface area (Å²) in [6.45, 7) is 6.55. The van der Waals surface area contributed by atoms with Crippen LogP contribution in [0.2, 0.25) is 0 Å². The number of hydrogen-bond acceptors (Lipinski definition) is 5. The number of esters is 1. The number of hydrogen-bond donors (Lipinski definition) is 0. The number of benzene rings is 2. The molecule has 0 fully saturated rings. The van der Waals surface area contributed by atoms with E-state index in [1.54, 1.807) is 6.92 Å². The third kappa shape index (κ3) is 8.50. The lowest BCUT2D eigenvalue weighted by Gasteiger charge is -2.14. The Hall–Kier alpha value is -3.21. The number of carbonyl (C=O) groups is 1. The first-order chi connectivity index (χ1) is 17.1. The van der Waals surface area contributed by atoms with Crippen molar-refractivity contribution >= 4 is 5.97 Å². The first-order valence-electron chi connectivity index (χ1n) is 13.0. The normalized spacial score (nSPS) is 11.7. The number of rotatable bonds is 14. The van der Waals surface area contributed by atoms with E-state index in [1.807, 2.05) is 36.7 Å². The predicted molar refractivity (Wildman–Crippen MR) is 141 cm³/mol. The average Bonchev–Trinajstić information content (AvgIpc) is 2.89.